The lowest BCUT2D eigenvalue weighted by molar-refractivity contribution is -0.117. The molecule has 0 spiro atoms. The Labute approximate surface area is 162 Å². The number of carbonyl (C=O) groups is 1. The lowest BCUT2D eigenvalue weighted by atomic mass is 10.0. The van der Waals surface area contributed by atoms with Gasteiger partial charge in [-0.15, -0.1) is 0 Å². The van der Waals surface area contributed by atoms with Crippen molar-refractivity contribution in [3.63, 3.8) is 0 Å². The maximum Gasteiger partial charge on any atom is 0.439 e. The summed E-state index contributed by atoms with van der Waals surface area (Å²) in [5.41, 5.74) is 8.56. The molecule has 2 atom stereocenters. The van der Waals surface area contributed by atoms with Crippen molar-refractivity contribution in [1.29, 1.82) is 0 Å². The molecule has 138 valence electrons. The second-order valence-corrected chi connectivity index (χ2v) is 7.11. The summed E-state index contributed by atoms with van der Waals surface area (Å²) in [5, 5.41) is 6.53. The molecule has 2 unspecified atom stereocenters. The van der Waals surface area contributed by atoms with E-state index in [4.69, 9.17) is 0 Å². The average molecular weight is 430 g/mol. The molecule has 4 rings (SSSR count). The van der Waals surface area contributed by atoms with Crippen LogP contribution in [-0.4, -0.2) is 22.1 Å². The highest BCUT2D eigenvalue weighted by molar-refractivity contribution is 9.10. The van der Waals surface area contributed by atoms with Crippen LogP contribution in [0.1, 0.15) is 18.0 Å². The van der Waals surface area contributed by atoms with Crippen LogP contribution in [0.15, 0.2) is 62.3 Å². The highest BCUT2D eigenvalue weighted by atomic mass is 79.9. The van der Waals surface area contributed by atoms with Crippen LogP contribution in [0.5, 0.6) is 0 Å². The fourth-order valence-corrected chi connectivity index (χ4v) is 3.23. The minimum atomic E-state index is -0.625. The Morgan fingerprint density at radius 2 is 2.00 bits per heavy atom. The molecule has 1 aliphatic rings. The van der Waals surface area contributed by atoms with Gasteiger partial charge in [0.25, 0.3) is 0 Å². The zero-order chi connectivity index (χ0) is 18.8. The standard InChI is InChI=1S/C18H16BrN5O3/c19-12-6-4-10(5-7-12)14-9-15(23-22-14)17(25)20-13-3-1-2-11(8-13)16-21-18(26)27-24-16/h1-8,14-15,22-23H,9H2,(H,20,25)(H,21,24,26). The van der Waals surface area contributed by atoms with Gasteiger partial charge in [0, 0.05) is 21.8 Å². The van der Waals surface area contributed by atoms with Gasteiger partial charge in [0.05, 0.1) is 0 Å². The molecular formula is C18H16BrN5O3. The van der Waals surface area contributed by atoms with Gasteiger partial charge < -0.3 is 5.32 Å². The van der Waals surface area contributed by atoms with Gasteiger partial charge in [0.15, 0.2) is 5.82 Å². The molecule has 1 aromatic heterocycles. The highest BCUT2D eigenvalue weighted by Gasteiger charge is 2.30. The van der Waals surface area contributed by atoms with Gasteiger partial charge in [-0.25, -0.2) is 15.6 Å². The Balaban J connectivity index is 1.42. The molecule has 8 nitrogen and oxygen atoms in total. The number of aromatic amines is 1. The zero-order valence-electron chi connectivity index (χ0n) is 14.0. The molecule has 0 bridgehead atoms. The number of anilines is 1. The van der Waals surface area contributed by atoms with Gasteiger partial charge in [0.1, 0.15) is 6.04 Å². The predicted octanol–water partition coefficient (Wildman–Crippen LogP) is 2.34. The number of halogens is 1. The van der Waals surface area contributed by atoms with Crippen LogP contribution < -0.4 is 21.9 Å². The van der Waals surface area contributed by atoms with Crippen molar-refractivity contribution in [2.24, 2.45) is 0 Å². The van der Waals surface area contributed by atoms with Gasteiger partial charge >= 0.3 is 5.76 Å². The molecule has 9 heteroatoms. The van der Waals surface area contributed by atoms with Crippen LogP contribution in [0.2, 0.25) is 0 Å². The van der Waals surface area contributed by atoms with E-state index in [-0.39, 0.29) is 18.0 Å². The summed E-state index contributed by atoms with van der Waals surface area (Å²) in [6.07, 6.45) is 0.629. The lowest BCUT2D eigenvalue weighted by Gasteiger charge is -2.11. The molecule has 2 aromatic carbocycles. The molecule has 1 fully saturated rings. The van der Waals surface area contributed by atoms with Gasteiger partial charge in [-0.3, -0.25) is 14.3 Å². The number of hydrogen-bond acceptors (Lipinski definition) is 6. The summed E-state index contributed by atoms with van der Waals surface area (Å²) in [6.45, 7) is 0. The molecule has 27 heavy (non-hydrogen) atoms. The van der Waals surface area contributed by atoms with E-state index in [1.165, 1.54) is 0 Å². The number of carbonyl (C=O) groups excluding carboxylic acids is 1. The summed E-state index contributed by atoms with van der Waals surface area (Å²) in [4.78, 5) is 26.2. The second-order valence-electron chi connectivity index (χ2n) is 6.19. The van der Waals surface area contributed by atoms with E-state index in [2.05, 4.69) is 46.8 Å². The van der Waals surface area contributed by atoms with Gasteiger partial charge in [-0.1, -0.05) is 45.4 Å². The van der Waals surface area contributed by atoms with Crippen LogP contribution in [0, 0.1) is 0 Å². The fourth-order valence-electron chi connectivity index (χ4n) is 2.97. The molecule has 1 amide bonds. The molecule has 0 radical (unpaired) electrons. The largest absolute Gasteiger partial charge is 0.439 e. The van der Waals surface area contributed by atoms with Gasteiger partial charge in [0.2, 0.25) is 5.91 Å². The third kappa shape index (κ3) is 4.00. The molecule has 4 N–H and O–H groups in total. The number of benzene rings is 2. The van der Waals surface area contributed by atoms with E-state index in [9.17, 15) is 9.59 Å². The quantitative estimate of drug-likeness (QED) is 0.506. The Hall–Kier alpha value is -2.75. The Kier molecular flexibility index (Phi) is 4.88. The average Bonchev–Trinajstić information content (AvgIpc) is 3.32. The first-order valence-electron chi connectivity index (χ1n) is 8.32. The van der Waals surface area contributed by atoms with E-state index in [0.29, 0.717) is 23.5 Å². The summed E-state index contributed by atoms with van der Waals surface area (Å²) in [5.74, 6) is -0.459. The minimum absolute atomic E-state index is 0.0559. The minimum Gasteiger partial charge on any atom is -0.325 e. The summed E-state index contributed by atoms with van der Waals surface area (Å²) >= 11 is 3.42. The van der Waals surface area contributed by atoms with Crippen molar-refractivity contribution >= 4 is 27.5 Å². The summed E-state index contributed by atoms with van der Waals surface area (Å²) in [7, 11) is 0. The van der Waals surface area contributed by atoms with Crippen LogP contribution in [0.3, 0.4) is 0 Å². The maximum atomic E-state index is 12.6. The highest BCUT2D eigenvalue weighted by Crippen LogP contribution is 2.25. The molecule has 0 aliphatic carbocycles. The third-order valence-corrected chi connectivity index (χ3v) is 4.86. The fraction of sp³-hybridized carbons (Fsp3) is 0.167. The number of rotatable bonds is 4. The Morgan fingerprint density at radius 1 is 1.19 bits per heavy atom. The van der Waals surface area contributed by atoms with Gasteiger partial charge in [-0.05, 0) is 36.2 Å². The first-order valence-corrected chi connectivity index (χ1v) is 9.11. The van der Waals surface area contributed by atoms with Crippen molar-refractivity contribution in [2.75, 3.05) is 5.32 Å². The maximum absolute atomic E-state index is 12.6. The lowest BCUT2D eigenvalue weighted by Crippen LogP contribution is -2.39. The second kappa shape index (κ2) is 7.47. The normalized spacial score (nSPS) is 19.1. The first kappa shape index (κ1) is 17.7. The SMILES string of the molecule is O=C(Nc1cccc(-c2noc(=O)[nH]2)c1)C1CC(c2ccc(Br)cc2)NN1. The Morgan fingerprint density at radius 3 is 2.74 bits per heavy atom. The van der Waals surface area contributed by atoms with E-state index < -0.39 is 5.76 Å². The number of nitrogens with zero attached hydrogens (tertiary/aromatic N) is 1. The van der Waals surface area contributed by atoms with Gasteiger partial charge in [-0.2, -0.15) is 0 Å². The molecule has 0 saturated carbocycles. The molecule has 3 aromatic rings. The Bertz CT molecular complexity index is 1010. The van der Waals surface area contributed by atoms with Crippen molar-refractivity contribution in [3.05, 3.63) is 69.1 Å². The van der Waals surface area contributed by atoms with E-state index in [1.54, 1.807) is 24.3 Å². The monoisotopic (exact) mass is 429 g/mol. The molecule has 1 aliphatic heterocycles. The van der Waals surface area contributed by atoms with Crippen molar-refractivity contribution < 1.29 is 9.32 Å². The third-order valence-electron chi connectivity index (χ3n) is 4.34. The van der Waals surface area contributed by atoms with Crippen LogP contribution in [0.4, 0.5) is 5.69 Å². The first-order chi connectivity index (χ1) is 13.1. The molecular weight excluding hydrogens is 414 g/mol. The van der Waals surface area contributed by atoms with Crippen molar-refractivity contribution in [2.45, 2.75) is 18.5 Å². The van der Waals surface area contributed by atoms with Crippen LogP contribution in [0.25, 0.3) is 11.4 Å². The molecule has 2 heterocycles. The summed E-state index contributed by atoms with van der Waals surface area (Å²) < 4.78 is 5.53. The number of hydrazine groups is 1. The number of hydrogen-bond donors (Lipinski definition) is 4. The number of H-pyrrole nitrogens is 1. The van der Waals surface area contributed by atoms with Crippen LogP contribution in [-0.2, 0) is 4.79 Å². The van der Waals surface area contributed by atoms with Crippen LogP contribution >= 0.6 is 15.9 Å². The smallest absolute Gasteiger partial charge is 0.325 e. The van der Waals surface area contributed by atoms with E-state index in [1.807, 2.05) is 24.3 Å². The number of amides is 1. The number of aromatic nitrogens is 2. The number of nitrogens with one attached hydrogen (secondary N) is 4. The topological polar surface area (TPSA) is 112 Å². The van der Waals surface area contributed by atoms with Crippen molar-refractivity contribution in [1.82, 2.24) is 21.0 Å². The van der Waals surface area contributed by atoms with E-state index in [0.717, 1.165) is 10.0 Å². The molecule has 1 saturated heterocycles. The summed E-state index contributed by atoms with van der Waals surface area (Å²) in [6, 6.07) is 14.7. The van der Waals surface area contributed by atoms with E-state index >= 15 is 0 Å². The van der Waals surface area contributed by atoms with Crippen molar-refractivity contribution in [3.8, 4) is 11.4 Å². The predicted molar refractivity (Wildman–Crippen MR) is 103 cm³/mol. The zero-order valence-corrected chi connectivity index (χ0v) is 15.6.